The highest BCUT2D eigenvalue weighted by Crippen LogP contribution is 2.32. The number of hydrogen-bond acceptors (Lipinski definition) is 3. The third kappa shape index (κ3) is 4.09. The molecule has 0 aromatic heterocycles. The first-order valence-corrected chi connectivity index (χ1v) is 6.45. The Hall–Kier alpha value is -0.120. The quantitative estimate of drug-likeness (QED) is 0.656. The van der Waals surface area contributed by atoms with E-state index >= 15 is 0 Å². The van der Waals surface area contributed by atoms with E-state index in [4.69, 9.17) is 5.11 Å². The van der Waals surface area contributed by atoms with E-state index in [2.05, 4.69) is 10.2 Å². The Balaban J connectivity index is 1.65. The molecule has 0 amide bonds. The molecule has 1 heterocycles. The molecule has 2 fully saturated rings. The predicted molar refractivity (Wildman–Crippen MR) is 61.9 cm³/mol. The van der Waals surface area contributed by atoms with E-state index in [1.54, 1.807) is 0 Å². The second-order valence-electron chi connectivity index (χ2n) is 5.05. The Morgan fingerprint density at radius 1 is 1.20 bits per heavy atom. The normalized spacial score (nSPS) is 26.4. The van der Waals surface area contributed by atoms with Gasteiger partial charge < -0.3 is 10.4 Å². The Kier molecular flexibility index (Phi) is 4.42. The van der Waals surface area contributed by atoms with Gasteiger partial charge in [0.05, 0.1) is 6.61 Å². The molecule has 0 spiro atoms. The first-order valence-electron chi connectivity index (χ1n) is 6.45. The molecule has 3 nitrogen and oxygen atoms in total. The van der Waals surface area contributed by atoms with E-state index in [9.17, 15) is 0 Å². The first-order chi connectivity index (χ1) is 7.38. The second kappa shape index (κ2) is 5.83. The summed E-state index contributed by atoms with van der Waals surface area (Å²) in [6, 6.07) is 0.677. The number of aliphatic hydroxyl groups is 1. The van der Waals surface area contributed by atoms with Crippen LogP contribution in [0.5, 0.6) is 0 Å². The summed E-state index contributed by atoms with van der Waals surface area (Å²) in [6.07, 6.45) is 6.85. The lowest BCUT2D eigenvalue weighted by Crippen LogP contribution is -2.39. The minimum absolute atomic E-state index is 0.303. The highest BCUT2D eigenvalue weighted by Gasteiger charge is 2.23. The lowest BCUT2D eigenvalue weighted by Gasteiger charge is -2.24. The van der Waals surface area contributed by atoms with Gasteiger partial charge in [-0.05, 0) is 38.3 Å². The number of nitrogens with zero attached hydrogens (tertiary/aromatic N) is 1. The van der Waals surface area contributed by atoms with Crippen molar-refractivity contribution >= 4 is 0 Å². The van der Waals surface area contributed by atoms with Crippen molar-refractivity contribution < 1.29 is 5.11 Å². The van der Waals surface area contributed by atoms with Gasteiger partial charge in [-0.25, -0.2) is 0 Å². The molecule has 2 rings (SSSR count). The maximum Gasteiger partial charge on any atom is 0.0558 e. The minimum Gasteiger partial charge on any atom is -0.395 e. The molecule has 88 valence electrons. The summed E-state index contributed by atoms with van der Waals surface area (Å²) in [6.45, 7) is 4.65. The van der Waals surface area contributed by atoms with Crippen LogP contribution < -0.4 is 5.32 Å². The molecular formula is C12H24N2O. The number of aliphatic hydroxyl groups excluding tert-OH is 1. The molecular weight excluding hydrogens is 188 g/mol. The second-order valence-corrected chi connectivity index (χ2v) is 5.05. The smallest absolute Gasteiger partial charge is 0.0558 e. The molecule has 15 heavy (non-hydrogen) atoms. The van der Waals surface area contributed by atoms with Gasteiger partial charge in [-0.2, -0.15) is 0 Å². The van der Waals surface area contributed by atoms with Gasteiger partial charge in [-0.15, -0.1) is 0 Å². The topological polar surface area (TPSA) is 35.5 Å². The summed E-state index contributed by atoms with van der Waals surface area (Å²) in [4.78, 5) is 2.43. The van der Waals surface area contributed by atoms with Crippen LogP contribution in [0.15, 0.2) is 0 Å². The van der Waals surface area contributed by atoms with Gasteiger partial charge in [-0.1, -0.05) is 12.8 Å². The van der Waals surface area contributed by atoms with E-state index in [0.29, 0.717) is 12.6 Å². The lowest BCUT2D eigenvalue weighted by atomic mass is 10.2. The fourth-order valence-corrected chi connectivity index (χ4v) is 2.43. The van der Waals surface area contributed by atoms with Crippen LogP contribution in [-0.4, -0.2) is 48.8 Å². The Morgan fingerprint density at radius 3 is 2.67 bits per heavy atom. The summed E-state index contributed by atoms with van der Waals surface area (Å²) in [5.41, 5.74) is 0. The molecule has 0 aromatic rings. The molecule has 1 aliphatic heterocycles. The zero-order valence-electron chi connectivity index (χ0n) is 9.62. The molecule has 1 atom stereocenters. The zero-order chi connectivity index (χ0) is 10.5. The van der Waals surface area contributed by atoms with Crippen molar-refractivity contribution in [2.45, 2.75) is 38.1 Å². The van der Waals surface area contributed by atoms with E-state index in [0.717, 1.165) is 19.0 Å². The fourth-order valence-electron chi connectivity index (χ4n) is 2.43. The average Bonchev–Trinajstić information content (AvgIpc) is 2.93. The molecule has 0 aromatic carbocycles. The molecule has 1 saturated heterocycles. The van der Waals surface area contributed by atoms with Crippen molar-refractivity contribution in [3.05, 3.63) is 0 Å². The summed E-state index contributed by atoms with van der Waals surface area (Å²) in [7, 11) is 0. The molecule has 3 heteroatoms. The van der Waals surface area contributed by atoms with Crippen LogP contribution in [0.2, 0.25) is 0 Å². The summed E-state index contributed by atoms with van der Waals surface area (Å²) in [5, 5.41) is 12.6. The largest absolute Gasteiger partial charge is 0.395 e. The van der Waals surface area contributed by atoms with Gasteiger partial charge in [0.2, 0.25) is 0 Å². The Labute approximate surface area is 92.8 Å². The van der Waals surface area contributed by atoms with Crippen LogP contribution in [-0.2, 0) is 0 Å². The van der Waals surface area contributed by atoms with Gasteiger partial charge >= 0.3 is 0 Å². The number of rotatable bonds is 7. The summed E-state index contributed by atoms with van der Waals surface area (Å²) >= 11 is 0. The molecule has 1 unspecified atom stereocenters. The maximum atomic E-state index is 9.03. The molecule has 2 N–H and O–H groups in total. The molecule has 1 saturated carbocycles. The average molecular weight is 212 g/mol. The third-order valence-corrected chi connectivity index (χ3v) is 3.61. The number of nitrogens with one attached hydrogen (secondary N) is 1. The van der Waals surface area contributed by atoms with Crippen LogP contribution in [0.25, 0.3) is 0 Å². The number of hydrogen-bond donors (Lipinski definition) is 2. The van der Waals surface area contributed by atoms with Gasteiger partial charge in [0.1, 0.15) is 0 Å². The van der Waals surface area contributed by atoms with Crippen LogP contribution in [0, 0.1) is 5.92 Å². The van der Waals surface area contributed by atoms with Crippen molar-refractivity contribution in [3.8, 4) is 0 Å². The van der Waals surface area contributed by atoms with Gasteiger partial charge in [-0.3, -0.25) is 4.90 Å². The van der Waals surface area contributed by atoms with Crippen LogP contribution >= 0.6 is 0 Å². The van der Waals surface area contributed by atoms with Crippen molar-refractivity contribution in [3.63, 3.8) is 0 Å². The molecule has 0 radical (unpaired) electrons. The standard InChI is InChI=1S/C12H24N2O/c15-9-8-14(7-5-11-3-4-11)10-12-2-1-6-13-12/h11-13,15H,1-10H2. The van der Waals surface area contributed by atoms with Crippen LogP contribution in [0.1, 0.15) is 32.1 Å². The van der Waals surface area contributed by atoms with Crippen molar-refractivity contribution in [1.29, 1.82) is 0 Å². The summed E-state index contributed by atoms with van der Waals surface area (Å²) < 4.78 is 0. The van der Waals surface area contributed by atoms with E-state index in [-0.39, 0.29) is 0 Å². The van der Waals surface area contributed by atoms with Crippen molar-refractivity contribution in [2.24, 2.45) is 5.92 Å². The third-order valence-electron chi connectivity index (χ3n) is 3.61. The SMILES string of the molecule is OCCN(CCC1CC1)CC1CCCN1. The van der Waals surface area contributed by atoms with Gasteiger partial charge in [0.15, 0.2) is 0 Å². The monoisotopic (exact) mass is 212 g/mol. The van der Waals surface area contributed by atoms with Crippen molar-refractivity contribution in [1.82, 2.24) is 10.2 Å². The molecule has 2 aliphatic rings. The summed E-state index contributed by atoms with van der Waals surface area (Å²) in [5.74, 6) is 1.00. The van der Waals surface area contributed by atoms with E-state index < -0.39 is 0 Å². The van der Waals surface area contributed by atoms with Crippen molar-refractivity contribution in [2.75, 3.05) is 32.8 Å². The van der Waals surface area contributed by atoms with Crippen LogP contribution in [0.4, 0.5) is 0 Å². The Bertz CT molecular complexity index is 176. The maximum absolute atomic E-state index is 9.03. The molecule has 1 aliphatic carbocycles. The lowest BCUT2D eigenvalue weighted by molar-refractivity contribution is 0.181. The zero-order valence-corrected chi connectivity index (χ0v) is 9.62. The minimum atomic E-state index is 0.303. The Morgan fingerprint density at radius 2 is 2.07 bits per heavy atom. The first kappa shape index (κ1) is 11.4. The van der Waals surface area contributed by atoms with Crippen LogP contribution in [0.3, 0.4) is 0 Å². The highest BCUT2D eigenvalue weighted by atomic mass is 16.3. The van der Waals surface area contributed by atoms with Gasteiger partial charge in [0.25, 0.3) is 0 Å². The molecule has 0 bridgehead atoms. The van der Waals surface area contributed by atoms with E-state index in [1.807, 2.05) is 0 Å². The highest BCUT2D eigenvalue weighted by molar-refractivity contribution is 4.80. The predicted octanol–water partition coefficient (Wildman–Crippen LogP) is 0.833. The fraction of sp³-hybridized carbons (Fsp3) is 1.00. The van der Waals surface area contributed by atoms with Gasteiger partial charge in [0, 0.05) is 19.1 Å². The van der Waals surface area contributed by atoms with E-state index in [1.165, 1.54) is 45.2 Å².